The van der Waals surface area contributed by atoms with Crippen molar-refractivity contribution in [2.75, 3.05) is 10.6 Å². The highest BCUT2D eigenvalue weighted by atomic mass is 19.4. The van der Waals surface area contributed by atoms with Crippen LogP contribution < -0.4 is 10.6 Å². The van der Waals surface area contributed by atoms with Crippen LogP contribution in [0.3, 0.4) is 0 Å². The van der Waals surface area contributed by atoms with Gasteiger partial charge in [0.15, 0.2) is 0 Å². The van der Waals surface area contributed by atoms with Crippen LogP contribution >= 0.6 is 0 Å². The number of carbonyl (C=O) groups excluding carboxylic acids is 2. The van der Waals surface area contributed by atoms with Gasteiger partial charge in [-0.2, -0.15) is 13.2 Å². The molecule has 8 aliphatic carbocycles. The third kappa shape index (κ3) is 3.78. The molecule has 36 heavy (non-hydrogen) atoms. The Bertz CT molecular complexity index is 963. The second kappa shape index (κ2) is 7.73. The van der Waals surface area contributed by atoms with E-state index < -0.39 is 22.6 Å². The maximum Gasteiger partial charge on any atom is 0.416 e. The number of alkyl halides is 3. The van der Waals surface area contributed by atoms with Crippen molar-refractivity contribution >= 4 is 23.2 Å². The standard InChI is InChI=1S/C29H35F3N2O2/c30-29(31,32)22-7-23(33-25(35)27-10-16-1-17(11-27)3-18(2-16)12-27)9-24(8-22)34-26(36)28-13-19-4-20(14-28)6-21(5-19)15-28/h7-9,16-21H,1-6,10-15H2,(H,33,35)(H,34,36). The molecule has 0 aliphatic heterocycles. The zero-order valence-electron chi connectivity index (χ0n) is 20.6. The van der Waals surface area contributed by atoms with Gasteiger partial charge in [-0.1, -0.05) is 0 Å². The van der Waals surface area contributed by atoms with E-state index in [0.29, 0.717) is 35.5 Å². The van der Waals surface area contributed by atoms with Gasteiger partial charge in [-0.15, -0.1) is 0 Å². The summed E-state index contributed by atoms with van der Waals surface area (Å²) in [4.78, 5) is 27.0. The fourth-order valence-electron chi connectivity index (χ4n) is 10.2. The average molecular weight is 501 g/mol. The van der Waals surface area contributed by atoms with E-state index in [-0.39, 0.29) is 23.2 Å². The molecule has 194 valence electrons. The molecule has 2 N–H and O–H groups in total. The highest BCUT2D eigenvalue weighted by molar-refractivity contribution is 5.99. The van der Waals surface area contributed by atoms with Gasteiger partial charge >= 0.3 is 6.18 Å². The van der Waals surface area contributed by atoms with E-state index >= 15 is 0 Å². The van der Waals surface area contributed by atoms with E-state index in [0.717, 1.165) is 50.7 Å². The number of hydrogen-bond donors (Lipinski definition) is 2. The first-order valence-electron chi connectivity index (χ1n) is 13.9. The Hall–Kier alpha value is -2.05. The molecular formula is C29H35F3N2O2. The van der Waals surface area contributed by atoms with Crippen LogP contribution in [0.5, 0.6) is 0 Å². The number of hydrogen-bond acceptors (Lipinski definition) is 2. The summed E-state index contributed by atoms with van der Waals surface area (Å²) in [6.07, 6.45) is 7.66. The molecule has 9 rings (SSSR count). The van der Waals surface area contributed by atoms with Crippen molar-refractivity contribution in [3.63, 3.8) is 0 Å². The molecule has 0 unspecified atom stereocenters. The van der Waals surface area contributed by atoms with E-state index in [1.807, 2.05) is 0 Å². The van der Waals surface area contributed by atoms with Gasteiger partial charge in [0.25, 0.3) is 0 Å². The molecule has 0 radical (unpaired) electrons. The molecule has 8 fully saturated rings. The minimum atomic E-state index is -4.57. The normalized spacial score (nSPS) is 42.0. The van der Waals surface area contributed by atoms with Crippen LogP contribution in [-0.4, -0.2) is 11.8 Å². The van der Waals surface area contributed by atoms with E-state index in [2.05, 4.69) is 10.6 Å². The summed E-state index contributed by atoms with van der Waals surface area (Å²) < 4.78 is 41.5. The van der Waals surface area contributed by atoms with E-state index in [4.69, 9.17) is 0 Å². The quantitative estimate of drug-likeness (QED) is 0.467. The van der Waals surface area contributed by atoms with E-state index in [1.165, 1.54) is 44.6 Å². The van der Waals surface area contributed by atoms with Crippen molar-refractivity contribution in [3.8, 4) is 0 Å². The Kier molecular flexibility index (Phi) is 4.96. The zero-order valence-corrected chi connectivity index (χ0v) is 20.6. The van der Waals surface area contributed by atoms with Crippen LogP contribution in [0.2, 0.25) is 0 Å². The third-order valence-electron chi connectivity index (χ3n) is 10.8. The minimum Gasteiger partial charge on any atom is -0.326 e. The Morgan fingerprint density at radius 1 is 0.611 bits per heavy atom. The lowest BCUT2D eigenvalue weighted by molar-refractivity contribution is -0.140. The van der Waals surface area contributed by atoms with Gasteiger partial charge in [0.05, 0.1) is 16.4 Å². The van der Waals surface area contributed by atoms with Crippen molar-refractivity contribution in [2.24, 2.45) is 46.3 Å². The second-order valence-corrected chi connectivity index (χ2v) is 13.6. The average Bonchev–Trinajstić information content (AvgIpc) is 2.76. The van der Waals surface area contributed by atoms with Crippen molar-refractivity contribution in [3.05, 3.63) is 23.8 Å². The topological polar surface area (TPSA) is 58.2 Å². The molecule has 7 heteroatoms. The van der Waals surface area contributed by atoms with Crippen molar-refractivity contribution in [1.82, 2.24) is 0 Å². The SMILES string of the molecule is O=C(Nc1cc(NC(=O)C23CC4CC(CC(C4)C2)C3)cc(C(F)(F)F)c1)C12CC3CC(CC(C3)C1)C2. The summed E-state index contributed by atoms with van der Waals surface area (Å²) in [7, 11) is 0. The summed E-state index contributed by atoms with van der Waals surface area (Å²) in [5, 5.41) is 5.74. The van der Waals surface area contributed by atoms with Gasteiger partial charge in [-0.05, 0) is 131 Å². The maximum absolute atomic E-state index is 13.8. The molecule has 0 aromatic heterocycles. The van der Waals surface area contributed by atoms with Gasteiger partial charge in [0.2, 0.25) is 11.8 Å². The van der Waals surface area contributed by atoms with Crippen LogP contribution in [0, 0.1) is 46.3 Å². The number of rotatable bonds is 4. The fourth-order valence-corrected chi connectivity index (χ4v) is 10.2. The predicted octanol–water partition coefficient (Wildman–Crippen LogP) is 7.02. The summed E-state index contributed by atoms with van der Waals surface area (Å²) >= 11 is 0. The lowest BCUT2D eigenvalue weighted by Gasteiger charge is -2.55. The van der Waals surface area contributed by atoms with Crippen molar-refractivity contribution in [1.29, 1.82) is 0 Å². The zero-order chi connectivity index (χ0) is 24.9. The van der Waals surface area contributed by atoms with Gasteiger partial charge in [-0.3, -0.25) is 9.59 Å². The number of benzene rings is 1. The molecule has 1 aromatic rings. The Balaban J connectivity index is 1.14. The van der Waals surface area contributed by atoms with Crippen LogP contribution in [0.4, 0.5) is 24.5 Å². The number of nitrogens with one attached hydrogen (secondary N) is 2. The minimum absolute atomic E-state index is 0.131. The number of anilines is 2. The molecule has 8 aliphatic rings. The van der Waals surface area contributed by atoms with Crippen molar-refractivity contribution < 1.29 is 22.8 Å². The first kappa shape index (κ1) is 23.1. The first-order chi connectivity index (χ1) is 17.1. The molecule has 8 bridgehead atoms. The predicted molar refractivity (Wildman–Crippen MR) is 130 cm³/mol. The largest absolute Gasteiger partial charge is 0.416 e. The fraction of sp³-hybridized carbons (Fsp3) is 0.724. The maximum atomic E-state index is 13.8. The number of halogens is 3. The first-order valence-corrected chi connectivity index (χ1v) is 13.9. The van der Waals surface area contributed by atoms with Crippen LogP contribution in [0.1, 0.15) is 82.6 Å². The van der Waals surface area contributed by atoms with E-state index in [9.17, 15) is 22.8 Å². The van der Waals surface area contributed by atoms with Crippen LogP contribution in [0.25, 0.3) is 0 Å². The Labute approximate surface area is 210 Å². The lowest BCUT2D eigenvalue weighted by atomic mass is 9.49. The van der Waals surface area contributed by atoms with Gasteiger partial charge in [-0.25, -0.2) is 0 Å². The molecule has 2 amide bonds. The lowest BCUT2D eigenvalue weighted by Crippen LogP contribution is -2.52. The third-order valence-corrected chi connectivity index (χ3v) is 10.8. The molecule has 8 saturated carbocycles. The van der Waals surface area contributed by atoms with Gasteiger partial charge in [0, 0.05) is 11.4 Å². The van der Waals surface area contributed by atoms with Gasteiger partial charge < -0.3 is 10.6 Å². The van der Waals surface area contributed by atoms with Crippen LogP contribution in [0.15, 0.2) is 18.2 Å². The molecule has 0 heterocycles. The van der Waals surface area contributed by atoms with E-state index in [1.54, 1.807) is 0 Å². The molecule has 1 aromatic carbocycles. The number of amides is 2. The van der Waals surface area contributed by atoms with Gasteiger partial charge in [0.1, 0.15) is 0 Å². The summed E-state index contributed by atoms with van der Waals surface area (Å²) in [5.41, 5.74) is -1.48. The molecule has 0 atom stereocenters. The highest BCUT2D eigenvalue weighted by Crippen LogP contribution is 2.61. The summed E-state index contributed by atoms with van der Waals surface area (Å²) in [5.74, 6) is 3.13. The number of carbonyl (C=O) groups is 2. The van der Waals surface area contributed by atoms with Crippen molar-refractivity contribution in [2.45, 2.75) is 83.2 Å². The highest BCUT2D eigenvalue weighted by Gasteiger charge is 2.56. The Morgan fingerprint density at radius 2 is 0.917 bits per heavy atom. The molecule has 4 nitrogen and oxygen atoms in total. The molecular weight excluding hydrogens is 465 g/mol. The smallest absolute Gasteiger partial charge is 0.326 e. The molecule has 0 spiro atoms. The second-order valence-electron chi connectivity index (χ2n) is 13.6. The monoisotopic (exact) mass is 500 g/mol. The summed E-state index contributed by atoms with van der Waals surface area (Å²) in [6, 6.07) is 3.55. The van der Waals surface area contributed by atoms with Crippen LogP contribution in [-0.2, 0) is 15.8 Å². The summed E-state index contributed by atoms with van der Waals surface area (Å²) in [6.45, 7) is 0. The Morgan fingerprint density at radius 3 is 1.19 bits per heavy atom. The molecule has 0 saturated heterocycles.